The van der Waals surface area contributed by atoms with Crippen LogP contribution in [0.1, 0.15) is 33.3 Å². The number of carbonyl (C=O) groups is 1. The van der Waals surface area contributed by atoms with Crippen molar-refractivity contribution in [3.8, 4) is 0 Å². The minimum atomic E-state index is 0. The third-order valence-electron chi connectivity index (χ3n) is 4.17. The largest absolute Gasteiger partial charge is 0.337 e. The molecule has 22 heavy (non-hydrogen) atoms. The first-order chi connectivity index (χ1) is 10.3. The molecule has 1 amide bonds. The Hall–Kier alpha value is -0.360. The van der Waals surface area contributed by atoms with Gasteiger partial charge in [-0.2, -0.15) is 0 Å². The summed E-state index contributed by atoms with van der Waals surface area (Å²) >= 11 is 4.00. The first-order valence-electron chi connectivity index (χ1n) is 7.57. The predicted molar refractivity (Wildman–Crippen MR) is 99.3 cm³/mol. The molecule has 0 spiro atoms. The molecule has 0 aliphatic carbocycles. The molecule has 0 aromatic heterocycles. The van der Waals surface area contributed by atoms with Gasteiger partial charge in [-0.05, 0) is 37.6 Å². The SMILES string of the molecule is CNC1CCCN(C(=O)c2ccc(C3SCCS3)cc2)C1.Cl. The molecular weight excluding hydrogens is 336 g/mol. The average molecular weight is 359 g/mol. The van der Waals surface area contributed by atoms with Crippen LogP contribution in [-0.2, 0) is 0 Å². The van der Waals surface area contributed by atoms with E-state index in [0.29, 0.717) is 10.6 Å². The van der Waals surface area contributed by atoms with Gasteiger partial charge in [-0.3, -0.25) is 4.79 Å². The van der Waals surface area contributed by atoms with Crippen molar-refractivity contribution < 1.29 is 4.79 Å². The van der Waals surface area contributed by atoms with Crippen molar-refractivity contribution in [2.45, 2.75) is 23.5 Å². The van der Waals surface area contributed by atoms with Gasteiger partial charge in [0, 0.05) is 36.2 Å². The van der Waals surface area contributed by atoms with Crippen molar-refractivity contribution in [1.29, 1.82) is 0 Å². The van der Waals surface area contributed by atoms with Crippen molar-refractivity contribution >= 4 is 41.8 Å². The number of hydrogen-bond acceptors (Lipinski definition) is 4. The van der Waals surface area contributed by atoms with Crippen molar-refractivity contribution in [2.24, 2.45) is 0 Å². The number of nitrogens with zero attached hydrogens (tertiary/aromatic N) is 1. The number of carbonyl (C=O) groups excluding carboxylic acids is 1. The summed E-state index contributed by atoms with van der Waals surface area (Å²) in [5, 5.41) is 3.29. The van der Waals surface area contributed by atoms with Gasteiger partial charge in [0.05, 0.1) is 4.58 Å². The second-order valence-corrected chi connectivity index (χ2v) is 8.30. The van der Waals surface area contributed by atoms with Crippen molar-refractivity contribution in [1.82, 2.24) is 10.2 Å². The van der Waals surface area contributed by atoms with Crippen LogP contribution in [-0.4, -0.2) is 48.5 Å². The lowest BCUT2D eigenvalue weighted by molar-refractivity contribution is 0.0698. The van der Waals surface area contributed by atoms with E-state index in [1.807, 2.05) is 47.6 Å². The lowest BCUT2D eigenvalue weighted by Gasteiger charge is -2.32. The second kappa shape index (κ2) is 8.48. The lowest BCUT2D eigenvalue weighted by Crippen LogP contribution is -2.46. The summed E-state index contributed by atoms with van der Waals surface area (Å²) in [7, 11) is 1.98. The van der Waals surface area contributed by atoms with Crippen LogP contribution in [0.5, 0.6) is 0 Å². The zero-order valence-corrected chi connectivity index (χ0v) is 15.2. The van der Waals surface area contributed by atoms with Crippen LogP contribution in [0.15, 0.2) is 24.3 Å². The van der Waals surface area contributed by atoms with Gasteiger partial charge in [0.15, 0.2) is 0 Å². The minimum absolute atomic E-state index is 0. The maximum atomic E-state index is 12.6. The zero-order valence-electron chi connectivity index (χ0n) is 12.8. The molecule has 2 aliphatic heterocycles. The summed E-state index contributed by atoms with van der Waals surface area (Å²) < 4.78 is 0.554. The van der Waals surface area contributed by atoms with Gasteiger partial charge in [0.25, 0.3) is 5.91 Å². The monoisotopic (exact) mass is 358 g/mol. The summed E-state index contributed by atoms with van der Waals surface area (Å²) in [5.74, 6) is 2.64. The van der Waals surface area contributed by atoms with Crippen LogP contribution in [0.25, 0.3) is 0 Å². The molecule has 0 saturated carbocycles. The van der Waals surface area contributed by atoms with E-state index in [4.69, 9.17) is 0 Å². The van der Waals surface area contributed by atoms with Crippen molar-refractivity contribution in [2.75, 3.05) is 31.6 Å². The smallest absolute Gasteiger partial charge is 0.253 e. The Kier molecular flexibility index (Phi) is 6.93. The maximum Gasteiger partial charge on any atom is 0.253 e. The number of likely N-dealkylation sites (tertiary alicyclic amines) is 1. The van der Waals surface area contributed by atoms with Crippen LogP contribution < -0.4 is 5.32 Å². The zero-order chi connectivity index (χ0) is 14.7. The van der Waals surface area contributed by atoms with Crippen LogP contribution >= 0.6 is 35.9 Å². The summed E-state index contributed by atoms with van der Waals surface area (Å²) in [4.78, 5) is 14.6. The fourth-order valence-electron chi connectivity index (χ4n) is 2.91. The van der Waals surface area contributed by atoms with E-state index < -0.39 is 0 Å². The van der Waals surface area contributed by atoms with Crippen LogP contribution in [0.4, 0.5) is 0 Å². The van der Waals surface area contributed by atoms with Gasteiger partial charge in [0.2, 0.25) is 0 Å². The number of amides is 1. The number of thioether (sulfide) groups is 2. The molecular formula is C16H23ClN2OS2. The molecule has 0 bridgehead atoms. The van der Waals surface area contributed by atoms with Gasteiger partial charge < -0.3 is 10.2 Å². The number of likely N-dealkylation sites (N-methyl/N-ethyl adjacent to an activating group) is 1. The number of nitrogens with one attached hydrogen (secondary N) is 1. The molecule has 2 aliphatic rings. The molecule has 1 aromatic rings. The first kappa shape index (κ1) is 18.0. The number of rotatable bonds is 3. The molecule has 1 aromatic carbocycles. The van der Waals surface area contributed by atoms with E-state index in [1.54, 1.807) is 0 Å². The summed E-state index contributed by atoms with van der Waals surface area (Å²) in [6.45, 7) is 1.71. The molecule has 0 radical (unpaired) electrons. The normalized spacial score (nSPS) is 22.4. The van der Waals surface area contributed by atoms with E-state index in [1.165, 1.54) is 17.1 Å². The lowest BCUT2D eigenvalue weighted by atomic mass is 10.0. The predicted octanol–water partition coefficient (Wildman–Crippen LogP) is 3.41. The van der Waals surface area contributed by atoms with E-state index in [0.717, 1.165) is 31.5 Å². The van der Waals surface area contributed by atoms with E-state index in [9.17, 15) is 4.79 Å². The summed E-state index contributed by atoms with van der Waals surface area (Å²) in [6.07, 6.45) is 2.25. The fraction of sp³-hybridized carbons (Fsp3) is 0.562. The van der Waals surface area contributed by atoms with Crippen molar-refractivity contribution in [3.63, 3.8) is 0 Å². The van der Waals surface area contributed by atoms with Gasteiger partial charge in [-0.15, -0.1) is 35.9 Å². The minimum Gasteiger partial charge on any atom is -0.337 e. The molecule has 1 atom stereocenters. The van der Waals surface area contributed by atoms with Gasteiger partial charge in [0.1, 0.15) is 0 Å². The standard InChI is InChI=1S/C16H22N2OS2.ClH/c1-17-14-3-2-8-18(11-14)15(19)12-4-6-13(7-5-12)16-20-9-10-21-16;/h4-7,14,16-17H,2-3,8-11H2,1H3;1H. The molecule has 2 saturated heterocycles. The number of halogens is 1. The Bertz CT molecular complexity index is 491. The van der Waals surface area contributed by atoms with Gasteiger partial charge in [-0.1, -0.05) is 12.1 Å². The van der Waals surface area contributed by atoms with Gasteiger partial charge in [-0.25, -0.2) is 0 Å². The number of piperidine rings is 1. The molecule has 6 heteroatoms. The van der Waals surface area contributed by atoms with Crippen LogP contribution in [0.3, 0.4) is 0 Å². The number of benzene rings is 1. The van der Waals surface area contributed by atoms with Gasteiger partial charge >= 0.3 is 0 Å². The Morgan fingerprint density at radius 2 is 1.91 bits per heavy atom. The molecule has 2 fully saturated rings. The highest BCUT2D eigenvalue weighted by Crippen LogP contribution is 2.45. The molecule has 3 rings (SSSR count). The van der Waals surface area contributed by atoms with E-state index in [2.05, 4.69) is 17.4 Å². The highest BCUT2D eigenvalue weighted by atomic mass is 35.5. The molecule has 1 N–H and O–H groups in total. The topological polar surface area (TPSA) is 32.3 Å². The quantitative estimate of drug-likeness (QED) is 0.897. The Morgan fingerprint density at radius 3 is 2.55 bits per heavy atom. The molecule has 122 valence electrons. The summed E-state index contributed by atoms with van der Waals surface area (Å²) in [6, 6.07) is 8.69. The van der Waals surface area contributed by atoms with Crippen LogP contribution in [0, 0.1) is 0 Å². The van der Waals surface area contributed by atoms with Crippen LogP contribution in [0.2, 0.25) is 0 Å². The Balaban J connectivity index is 0.00000176. The number of hydrogen-bond donors (Lipinski definition) is 1. The van der Waals surface area contributed by atoms with Crippen molar-refractivity contribution in [3.05, 3.63) is 35.4 Å². The second-order valence-electron chi connectivity index (χ2n) is 5.57. The first-order valence-corrected chi connectivity index (χ1v) is 9.67. The van der Waals surface area contributed by atoms with E-state index >= 15 is 0 Å². The highest BCUT2D eigenvalue weighted by Gasteiger charge is 2.24. The maximum absolute atomic E-state index is 12.6. The third kappa shape index (κ3) is 4.13. The molecule has 1 unspecified atom stereocenters. The molecule has 2 heterocycles. The third-order valence-corrected chi connectivity index (χ3v) is 7.27. The summed E-state index contributed by atoms with van der Waals surface area (Å²) in [5.41, 5.74) is 2.16. The molecule has 3 nitrogen and oxygen atoms in total. The Labute approximate surface area is 147 Å². The average Bonchev–Trinajstić information content (AvgIpc) is 3.09. The highest BCUT2D eigenvalue weighted by molar-refractivity contribution is 8.19. The Morgan fingerprint density at radius 1 is 1.23 bits per heavy atom. The fourth-order valence-corrected chi connectivity index (χ4v) is 5.77. The van der Waals surface area contributed by atoms with E-state index in [-0.39, 0.29) is 18.3 Å².